The number of aromatic nitrogens is 3. The summed E-state index contributed by atoms with van der Waals surface area (Å²) in [7, 11) is 5.39. The van der Waals surface area contributed by atoms with Gasteiger partial charge in [-0.15, -0.1) is 0 Å². The van der Waals surface area contributed by atoms with E-state index in [9.17, 15) is 4.39 Å². The van der Waals surface area contributed by atoms with Crippen LogP contribution in [-0.2, 0) is 0 Å². The molecule has 1 saturated carbocycles. The summed E-state index contributed by atoms with van der Waals surface area (Å²) in [4.78, 5) is 15.6. The third-order valence-corrected chi connectivity index (χ3v) is 5.34. The second kappa shape index (κ2) is 10.4. The van der Waals surface area contributed by atoms with Crippen molar-refractivity contribution in [2.45, 2.75) is 57.7 Å². The molecule has 30 heavy (non-hydrogen) atoms. The van der Waals surface area contributed by atoms with Gasteiger partial charge in [-0.25, -0.2) is 4.39 Å². The first kappa shape index (κ1) is 22.0. The molecule has 1 aromatic heterocycles. The first-order chi connectivity index (χ1) is 14.4. The Labute approximate surface area is 177 Å². The van der Waals surface area contributed by atoms with Gasteiger partial charge in [-0.1, -0.05) is 25.7 Å². The SMILES string of the molecule is COc1ccc(Nc2nc(NC3CCCCCC3)nc(NC(C)N(C)C)n2)cc1F. The van der Waals surface area contributed by atoms with Crippen LogP contribution in [0.4, 0.5) is 27.9 Å². The van der Waals surface area contributed by atoms with E-state index in [0.29, 0.717) is 29.6 Å². The van der Waals surface area contributed by atoms with Gasteiger partial charge in [0.05, 0.1) is 13.3 Å². The van der Waals surface area contributed by atoms with Crippen LogP contribution in [0.15, 0.2) is 18.2 Å². The molecular formula is C21H32FN7O. The van der Waals surface area contributed by atoms with E-state index in [1.54, 1.807) is 12.1 Å². The number of hydrogen-bond donors (Lipinski definition) is 3. The van der Waals surface area contributed by atoms with Crippen molar-refractivity contribution < 1.29 is 9.13 Å². The minimum absolute atomic E-state index is 0.0319. The Morgan fingerprint density at radius 2 is 1.70 bits per heavy atom. The minimum atomic E-state index is -0.451. The summed E-state index contributed by atoms with van der Waals surface area (Å²) >= 11 is 0. The lowest BCUT2D eigenvalue weighted by molar-refractivity contribution is 0.342. The first-order valence-corrected chi connectivity index (χ1v) is 10.5. The predicted molar refractivity (Wildman–Crippen MR) is 118 cm³/mol. The molecule has 1 atom stereocenters. The summed E-state index contributed by atoms with van der Waals surface area (Å²) in [5, 5.41) is 9.82. The molecule has 164 valence electrons. The fourth-order valence-electron chi connectivity index (χ4n) is 3.36. The molecule has 1 aliphatic rings. The highest BCUT2D eigenvalue weighted by molar-refractivity contribution is 5.57. The van der Waals surface area contributed by atoms with Crippen LogP contribution in [0.1, 0.15) is 45.4 Å². The van der Waals surface area contributed by atoms with Crippen molar-refractivity contribution in [3.63, 3.8) is 0 Å². The van der Waals surface area contributed by atoms with Gasteiger partial charge < -0.3 is 20.7 Å². The van der Waals surface area contributed by atoms with E-state index in [0.717, 1.165) is 12.8 Å². The van der Waals surface area contributed by atoms with Crippen LogP contribution >= 0.6 is 0 Å². The topological polar surface area (TPSA) is 87.2 Å². The van der Waals surface area contributed by atoms with E-state index in [1.165, 1.54) is 38.9 Å². The Kier molecular flexibility index (Phi) is 7.62. The van der Waals surface area contributed by atoms with E-state index in [2.05, 4.69) is 30.9 Å². The lowest BCUT2D eigenvalue weighted by atomic mass is 10.1. The largest absolute Gasteiger partial charge is 0.494 e. The van der Waals surface area contributed by atoms with Gasteiger partial charge in [0.25, 0.3) is 0 Å². The number of methoxy groups -OCH3 is 1. The maximum atomic E-state index is 14.1. The smallest absolute Gasteiger partial charge is 0.233 e. The van der Waals surface area contributed by atoms with Crippen LogP contribution in [0.25, 0.3) is 0 Å². The van der Waals surface area contributed by atoms with Crippen LogP contribution in [0.5, 0.6) is 5.75 Å². The zero-order chi connectivity index (χ0) is 21.5. The highest BCUT2D eigenvalue weighted by Crippen LogP contribution is 2.24. The quantitative estimate of drug-likeness (QED) is 0.435. The molecule has 3 N–H and O–H groups in total. The van der Waals surface area contributed by atoms with Crippen molar-refractivity contribution in [2.24, 2.45) is 0 Å². The fourth-order valence-corrected chi connectivity index (χ4v) is 3.36. The van der Waals surface area contributed by atoms with Crippen molar-refractivity contribution in [1.29, 1.82) is 0 Å². The summed E-state index contributed by atoms with van der Waals surface area (Å²) in [6.45, 7) is 2.02. The van der Waals surface area contributed by atoms with E-state index in [1.807, 2.05) is 25.9 Å². The molecule has 2 aromatic rings. The van der Waals surface area contributed by atoms with Gasteiger partial charge >= 0.3 is 0 Å². The minimum Gasteiger partial charge on any atom is -0.494 e. The van der Waals surface area contributed by atoms with E-state index in [4.69, 9.17) is 4.74 Å². The molecule has 0 spiro atoms. The third kappa shape index (κ3) is 6.16. The average molecular weight is 418 g/mol. The highest BCUT2D eigenvalue weighted by atomic mass is 19.1. The zero-order valence-corrected chi connectivity index (χ0v) is 18.2. The number of nitrogens with one attached hydrogen (secondary N) is 3. The molecular weight excluding hydrogens is 385 g/mol. The van der Waals surface area contributed by atoms with Gasteiger partial charge in [-0.3, -0.25) is 4.90 Å². The Bertz CT molecular complexity index is 825. The van der Waals surface area contributed by atoms with Gasteiger partial charge in [0.1, 0.15) is 0 Å². The molecule has 9 heteroatoms. The number of hydrogen-bond acceptors (Lipinski definition) is 8. The van der Waals surface area contributed by atoms with Crippen molar-refractivity contribution in [2.75, 3.05) is 37.2 Å². The molecule has 1 aromatic carbocycles. The Morgan fingerprint density at radius 3 is 2.33 bits per heavy atom. The summed E-state index contributed by atoms with van der Waals surface area (Å²) < 4.78 is 19.1. The maximum Gasteiger partial charge on any atom is 0.233 e. The van der Waals surface area contributed by atoms with Crippen molar-refractivity contribution in [3.05, 3.63) is 24.0 Å². The van der Waals surface area contributed by atoms with Gasteiger partial charge in [0.15, 0.2) is 11.6 Å². The zero-order valence-electron chi connectivity index (χ0n) is 18.2. The molecule has 1 aliphatic carbocycles. The normalized spacial score (nSPS) is 16.1. The van der Waals surface area contributed by atoms with E-state index < -0.39 is 5.82 Å². The number of nitrogens with zero attached hydrogens (tertiary/aromatic N) is 4. The monoisotopic (exact) mass is 417 g/mol. The summed E-state index contributed by atoms with van der Waals surface area (Å²) in [6.07, 6.45) is 7.22. The van der Waals surface area contributed by atoms with Crippen LogP contribution in [0.3, 0.4) is 0 Å². The third-order valence-electron chi connectivity index (χ3n) is 5.34. The number of benzene rings is 1. The molecule has 1 heterocycles. The molecule has 0 radical (unpaired) electrons. The van der Waals surface area contributed by atoms with E-state index in [-0.39, 0.29) is 11.9 Å². The van der Waals surface area contributed by atoms with Gasteiger partial charge in [0.2, 0.25) is 17.8 Å². The van der Waals surface area contributed by atoms with Gasteiger partial charge in [-0.05, 0) is 46.0 Å². The average Bonchev–Trinajstić information content (AvgIpc) is 2.96. The van der Waals surface area contributed by atoms with Crippen LogP contribution in [-0.4, -0.2) is 53.3 Å². The first-order valence-electron chi connectivity index (χ1n) is 10.5. The van der Waals surface area contributed by atoms with Crippen molar-refractivity contribution in [1.82, 2.24) is 19.9 Å². The highest BCUT2D eigenvalue weighted by Gasteiger charge is 2.16. The number of anilines is 4. The molecule has 0 aliphatic heterocycles. The Morgan fingerprint density at radius 1 is 1.03 bits per heavy atom. The lowest BCUT2D eigenvalue weighted by Gasteiger charge is -2.22. The molecule has 3 rings (SSSR count). The van der Waals surface area contributed by atoms with Crippen LogP contribution < -0.4 is 20.7 Å². The van der Waals surface area contributed by atoms with Gasteiger partial charge in [-0.2, -0.15) is 15.0 Å². The van der Waals surface area contributed by atoms with Crippen LogP contribution in [0.2, 0.25) is 0 Å². The number of ether oxygens (including phenoxy) is 1. The van der Waals surface area contributed by atoms with E-state index >= 15 is 0 Å². The standard InChI is InChI=1S/C21H32FN7O/c1-14(29(2)3)23-19-26-20(24-15-9-7-5-6-8-10-15)28-21(27-19)25-16-11-12-18(30-4)17(22)13-16/h11-15H,5-10H2,1-4H3,(H3,23,24,25,26,27,28). The second-order valence-electron chi connectivity index (χ2n) is 7.90. The van der Waals surface area contributed by atoms with Crippen molar-refractivity contribution >= 4 is 23.5 Å². The van der Waals surface area contributed by atoms with Gasteiger partial charge in [0, 0.05) is 17.8 Å². The summed E-state index contributed by atoms with van der Waals surface area (Å²) in [5.74, 6) is 1.06. The second-order valence-corrected chi connectivity index (χ2v) is 7.90. The predicted octanol–water partition coefficient (Wildman–Crippen LogP) is 4.22. The van der Waals surface area contributed by atoms with Crippen LogP contribution in [0, 0.1) is 5.82 Å². The lowest BCUT2D eigenvalue weighted by Crippen LogP contribution is -2.33. The number of rotatable bonds is 8. The maximum absolute atomic E-state index is 14.1. The molecule has 1 fully saturated rings. The fraction of sp³-hybridized carbons (Fsp3) is 0.571. The molecule has 0 bridgehead atoms. The Hall–Kier alpha value is -2.68. The molecule has 0 amide bonds. The summed E-state index contributed by atoms with van der Waals surface area (Å²) in [6, 6.07) is 4.99. The molecule has 0 saturated heterocycles. The summed E-state index contributed by atoms with van der Waals surface area (Å²) in [5.41, 5.74) is 0.534. The van der Waals surface area contributed by atoms with Crippen molar-refractivity contribution in [3.8, 4) is 5.75 Å². The molecule has 1 unspecified atom stereocenters. The molecule has 8 nitrogen and oxygen atoms in total. The number of halogens is 1. The Balaban J connectivity index is 1.83.